The number of rotatable bonds is 6. The first kappa shape index (κ1) is 19.5. The molecular formula is C18H13FN2O6. The molecule has 0 atom stereocenters. The zero-order valence-corrected chi connectivity index (χ0v) is 14.1. The molecule has 0 aliphatic carbocycles. The first-order valence-electron chi connectivity index (χ1n) is 7.68. The minimum Gasteiger partial charge on any atom is -0.462 e. The van der Waals surface area contributed by atoms with Crippen molar-refractivity contribution in [2.75, 3.05) is 6.61 Å². The molecular weight excluding hydrogens is 359 g/mol. The Bertz CT molecular complexity index is 951. The summed E-state index contributed by atoms with van der Waals surface area (Å²) in [5.41, 5.74) is -0.786. The number of nitriles is 1. The number of ether oxygens (including phenoxy) is 2. The van der Waals surface area contributed by atoms with Crippen LogP contribution in [0.5, 0.6) is 0 Å². The average molecular weight is 372 g/mol. The summed E-state index contributed by atoms with van der Waals surface area (Å²) >= 11 is 0. The van der Waals surface area contributed by atoms with E-state index in [2.05, 4.69) is 0 Å². The fraction of sp³-hybridized carbons (Fsp3) is 0.167. The minimum absolute atomic E-state index is 0.0292. The van der Waals surface area contributed by atoms with Crippen molar-refractivity contribution in [3.05, 3.63) is 74.6 Å². The van der Waals surface area contributed by atoms with Gasteiger partial charge in [0, 0.05) is 17.7 Å². The highest BCUT2D eigenvalue weighted by atomic mass is 19.1. The molecule has 8 nitrogen and oxygen atoms in total. The van der Waals surface area contributed by atoms with Gasteiger partial charge in [-0.15, -0.1) is 0 Å². The van der Waals surface area contributed by atoms with Gasteiger partial charge in [0.2, 0.25) is 0 Å². The Hall–Kier alpha value is -3.80. The third-order valence-electron chi connectivity index (χ3n) is 3.41. The lowest BCUT2D eigenvalue weighted by Gasteiger charge is -2.08. The first-order valence-corrected chi connectivity index (χ1v) is 7.68. The fourth-order valence-corrected chi connectivity index (χ4v) is 2.15. The maximum absolute atomic E-state index is 13.7. The van der Waals surface area contributed by atoms with Crippen molar-refractivity contribution in [1.82, 2.24) is 0 Å². The number of carbonyl (C=O) groups excluding carboxylic acids is 2. The molecule has 2 aromatic carbocycles. The third-order valence-corrected chi connectivity index (χ3v) is 3.41. The number of esters is 2. The summed E-state index contributed by atoms with van der Waals surface area (Å²) in [6, 6.07) is 8.40. The van der Waals surface area contributed by atoms with Crippen molar-refractivity contribution in [3.63, 3.8) is 0 Å². The zero-order valence-electron chi connectivity index (χ0n) is 14.1. The van der Waals surface area contributed by atoms with Crippen LogP contribution >= 0.6 is 0 Å². The van der Waals surface area contributed by atoms with Crippen LogP contribution in [0.1, 0.15) is 38.8 Å². The number of non-ortho nitro benzene ring substituents is 1. The predicted octanol–water partition coefficient (Wildman–Crippen LogP) is 3.14. The number of nitro groups is 1. The van der Waals surface area contributed by atoms with Crippen molar-refractivity contribution in [2.24, 2.45) is 0 Å². The maximum atomic E-state index is 13.7. The summed E-state index contributed by atoms with van der Waals surface area (Å²) < 4.78 is 23.5. The number of hydrogen-bond acceptors (Lipinski definition) is 7. The highest BCUT2D eigenvalue weighted by Crippen LogP contribution is 2.20. The normalized spacial score (nSPS) is 9.96. The summed E-state index contributed by atoms with van der Waals surface area (Å²) in [5, 5.41) is 19.9. The topological polar surface area (TPSA) is 120 Å². The molecule has 138 valence electrons. The van der Waals surface area contributed by atoms with E-state index in [9.17, 15) is 24.1 Å². The molecule has 0 aromatic heterocycles. The smallest absolute Gasteiger partial charge is 0.338 e. The third kappa shape index (κ3) is 4.85. The zero-order chi connectivity index (χ0) is 20.0. The molecule has 0 aliphatic rings. The largest absolute Gasteiger partial charge is 0.462 e. The van der Waals surface area contributed by atoms with E-state index in [-0.39, 0.29) is 28.9 Å². The van der Waals surface area contributed by atoms with Gasteiger partial charge in [-0.2, -0.15) is 5.26 Å². The van der Waals surface area contributed by atoms with Gasteiger partial charge in [0.1, 0.15) is 12.4 Å². The fourth-order valence-electron chi connectivity index (χ4n) is 2.15. The Morgan fingerprint density at radius 1 is 1.15 bits per heavy atom. The first-order chi connectivity index (χ1) is 12.8. The summed E-state index contributed by atoms with van der Waals surface area (Å²) in [5.74, 6) is -2.50. The molecule has 0 fully saturated rings. The molecule has 0 saturated heterocycles. The van der Waals surface area contributed by atoms with Gasteiger partial charge in [-0.25, -0.2) is 14.0 Å². The van der Waals surface area contributed by atoms with E-state index >= 15 is 0 Å². The maximum Gasteiger partial charge on any atom is 0.338 e. The molecule has 0 unspecified atom stereocenters. The Morgan fingerprint density at radius 3 is 2.33 bits per heavy atom. The van der Waals surface area contributed by atoms with Crippen molar-refractivity contribution in [1.29, 1.82) is 5.26 Å². The summed E-state index contributed by atoms with van der Waals surface area (Å²) in [6.45, 7) is 1.13. The molecule has 0 heterocycles. The number of benzene rings is 2. The van der Waals surface area contributed by atoms with Crippen LogP contribution in [-0.2, 0) is 16.1 Å². The Kier molecular flexibility index (Phi) is 6.17. The van der Waals surface area contributed by atoms with E-state index in [1.807, 2.05) is 6.07 Å². The van der Waals surface area contributed by atoms with E-state index in [4.69, 9.17) is 14.7 Å². The van der Waals surface area contributed by atoms with E-state index in [1.165, 1.54) is 12.1 Å². The second-order valence-electron chi connectivity index (χ2n) is 5.24. The van der Waals surface area contributed by atoms with Crippen LogP contribution < -0.4 is 0 Å². The van der Waals surface area contributed by atoms with Gasteiger partial charge in [-0.05, 0) is 31.2 Å². The number of carbonyl (C=O) groups is 2. The van der Waals surface area contributed by atoms with Crippen LogP contribution in [0.2, 0.25) is 0 Å². The van der Waals surface area contributed by atoms with Crippen LogP contribution in [0, 0.1) is 27.3 Å². The molecule has 0 radical (unpaired) electrons. The average Bonchev–Trinajstić information content (AvgIpc) is 2.66. The Morgan fingerprint density at radius 2 is 1.78 bits per heavy atom. The van der Waals surface area contributed by atoms with E-state index < -0.39 is 35.0 Å². The van der Waals surface area contributed by atoms with Gasteiger partial charge >= 0.3 is 11.9 Å². The molecule has 27 heavy (non-hydrogen) atoms. The monoisotopic (exact) mass is 372 g/mol. The van der Waals surface area contributed by atoms with Gasteiger partial charge in [0.25, 0.3) is 5.69 Å². The van der Waals surface area contributed by atoms with Crippen molar-refractivity contribution >= 4 is 17.6 Å². The van der Waals surface area contributed by atoms with E-state index in [0.717, 1.165) is 24.3 Å². The molecule has 0 amide bonds. The summed E-state index contributed by atoms with van der Waals surface area (Å²) in [4.78, 5) is 34.3. The number of halogens is 1. The van der Waals surface area contributed by atoms with Crippen LogP contribution in [0.3, 0.4) is 0 Å². The standard InChI is InChI=1S/C18H13FN2O6/c1-2-26-17(22)12-6-13(8-15(7-12)21(24)25)18(23)27-10-14-5-11(9-20)3-4-16(14)19/h3-8H,2,10H2,1H3. The SMILES string of the molecule is CCOC(=O)c1cc(C(=O)OCc2cc(C#N)ccc2F)cc([N+](=O)[O-])c1. The Labute approximate surface area is 152 Å². The minimum atomic E-state index is -0.994. The molecule has 9 heteroatoms. The van der Waals surface area contributed by atoms with Gasteiger partial charge in [-0.1, -0.05) is 0 Å². The molecule has 2 aromatic rings. The number of nitro benzene ring substituents is 1. The molecule has 0 spiro atoms. The number of nitrogens with zero attached hydrogens (tertiary/aromatic N) is 2. The lowest BCUT2D eigenvalue weighted by atomic mass is 10.1. The quantitative estimate of drug-likeness (QED) is 0.434. The van der Waals surface area contributed by atoms with Crippen LogP contribution in [0.25, 0.3) is 0 Å². The number of hydrogen-bond donors (Lipinski definition) is 0. The van der Waals surface area contributed by atoms with Crippen molar-refractivity contribution in [2.45, 2.75) is 13.5 Å². The van der Waals surface area contributed by atoms with Crippen molar-refractivity contribution < 1.29 is 28.4 Å². The van der Waals surface area contributed by atoms with E-state index in [1.54, 1.807) is 6.92 Å². The van der Waals surface area contributed by atoms with E-state index in [0.29, 0.717) is 0 Å². The summed E-state index contributed by atoms with van der Waals surface area (Å²) in [7, 11) is 0. The molecule has 0 bridgehead atoms. The second-order valence-corrected chi connectivity index (χ2v) is 5.24. The lowest BCUT2D eigenvalue weighted by molar-refractivity contribution is -0.384. The van der Waals surface area contributed by atoms with Gasteiger partial charge in [-0.3, -0.25) is 10.1 Å². The molecule has 2 rings (SSSR count). The van der Waals surface area contributed by atoms with Gasteiger partial charge in [0.15, 0.2) is 0 Å². The molecule has 0 saturated carbocycles. The predicted molar refractivity (Wildman–Crippen MR) is 89.3 cm³/mol. The van der Waals surface area contributed by atoms with Crippen molar-refractivity contribution in [3.8, 4) is 6.07 Å². The lowest BCUT2D eigenvalue weighted by Crippen LogP contribution is -2.11. The highest BCUT2D eigenvalue weighted by Gasteiger charge is 2.20. The molecule has 0 N–H and O–H groups in total. The van der Waals surface area contributed by atoms with Gasteiger partial charge in [0.05, 0.1) is 34.3 Å². The van der Waals surface area contributed by atoms with Crippen LogP contribution in [0.4, 0.5) is 10.1 Å². The highest BCUT2D eigenvalue weighted by molar-refractivity contribution is 5.96. The second kappa shape index (κ2) is 8.53. The van der Waals surface area contributed by atoms with Crippen LogP contribution in [0.15, 0.2) is 36.4 Å². The van der Waals surface area contributed by atoms with Gasteiger partial charge < -0.3 is 9.47 Å². The van der Waals surface area contributed by atoms with Crippen LogP contribution in [-0.4, -0.2) is 23.5 Å². The molecule has 0 aliphatic heterocycles. The Balaban J connectivity index is 2.26. The summed E-state index contributed by atoms with van der Waals surface area (Å²) in [6.07, 6.45) is 0.